The Labute approximate surface area is 126 Å². The Morgan fingerprint density at radius 2 is 1.86 bits per heavy atom. The Hall–Kier alpha value is -1.10. The summed E-state index contributed by atoms with van der Waals surface area (Å²) in [5.41, 5.74) is -1.60. The van der Waals surface area contributed by atoms with Crippen molar-refractivity contribution in [1.82, 2.24) is 5.32 Å². The summed E-state index contributed by atoms with van der Waals surface area (Å²) in [7, 11) is 0. The zero-order valence-corrected chi connectivity index (χ0v) is 14.1. The Morgan fingerprint density at radius 3 is 2.19 bits per heavy atom. The average molecular weight is 297 g/mol. The first-order valence-corrected chi connectivity index (χ1v) is 7.51. The highest BCUT2D eigenvalue weighted by Gasteiger charge is 2.68. The van der Waals surface area contributed by atoms with Crippen molar-refractivity contribution in [2.24, 2.45) is 5.41 Å². The van der Waals surface area contributed by atoms with Crippen LogP contribution in [0, 0.1) is 5.41 Å². The minimum Gasteiger partial charge on any atom is -0.457 e. The molecule has 0 spiro atoms. The fourth-order valence-corrected chi connectivity index (χ4v) is 3.17. The molecule has 5 heteroatoms. The molecule has 120 valence electrons. The molecule has 2 atom stereocenters. The number of ether oxygens (including phenoxy) is 2. The summed E-state index contributed by atoms with van der Waals surface area (Å²) in [6.07, 6.45) is 0.281. The van der Waals surface area contributed by atoms with Gasteiger partial charge in [0.25, 0.3) is 0 Å². The van der Waals surface area contributed by atoms with Crippen molar-refractivity contribution in [3.63, 3.8) is 0 Å². The van der Waals surface area contributed by atoms with E-state index in [1.165, 1.54) is 0 Å². The Morgan fingerprint density at radius 1 is 1.33 bits per heavy atom. The van der Waals surface area contributed by atoms with Crippen molar-refractivity contribution >= 4 is 11.9 Å². The van der Waals surface area contributed by atoms with Gasteiger partial charge < -0.3 is 9.47 Å². The van der Waals surface area contributed by atoms with Crippen LogP contribution in [0.3, 0.4) is 0 Å². The lowest BCUT2D eigenvalue weighted by Gasteiger charge is -2.26. The van der Waals surface area contributed by atoms with Gasteiger partial charge in [-0.25, -0.2) is 9.59 Å². The van der Waals surface area contributed by atoms with Crippen LogP contribution in [0.4, 0.5) is 0 Å². The summed E-state index contributed by atoms with van der Waals surface area (Å²) >= 11 is 0. The van der Waals surface area contributed by atoms with Gasteiger partial charge in [-0.1, -0.05) is 20.8 Å². The fraction of sp³-hybridized carbons (Fsp3) is 0.875. The van der Waals surface area contributed by atoms with E-state index in [0.717, 1.165) is 0 Å². The van der Waals surface area contributed by atoms with Crippen LogP contribution in [0.15, 0.2) is 0 Å². The van der Waals surface area contributed by atoms with Gasteiger partial charge in [-0.15, -0.1) is 0 Å². The van der Waals surface area contributed by atoms with Crippen LogP contribution < -0.4 is 5.32 Å². The van der Waals surface area contributed by atoms with Crippen LogP contribution >= 0.6 is 0 Å². The molecule has 1 N–H and O–H groups in total. The van der Waals surface area contributed by atoms with Gasteiger partial charge in [-0.2, -0.15) is 0 Å². The minimum atomic E-state index is -0.789. The first-order chi connectivity index (χ1) is 9.28. The normalized spacial score (nSPS) is 33.5. The van der Waals surface area contributed by atoms with E-state index in [0.29, 0.717) is 12.8 Å². The number of hydrogen-bond acceptors (Lipinski definition) is 5. The molecule has 2 heterocycles. The zero-order chi connectivity index (χ0) is 16.3. The fourth-order valence-electron chi connectivity index (χ4n) is 3.17. The van der Waals surface area contributed by atoms with Gasteiger partial charge in [-0.05, 0) is 39.5 Å². The number of hydrogen-bond donors (Lipinski definition) is 1. The lowest BCUT2D eigenvalue weighted by Crippen LogP contribution is -2.40. The average Bonchev–Trinajstić information content (AvgIpc) is 2.64. The molecule has 2 rings (SSSR count). The van der Waals surface area contributed by atoms with Crippen molar-refractivity contribution in [1.29, 1.82) is 0 Å². The van der Waals surface area contributed by atoms with Gasteiger partial charge in [-0.3, -0.25) is 5.32 Å². The minimum absolute atomic E-state index is 0.0186. The molecule has 0 aliphatic carbocycles. The maximum Gasteiger partial charge on any atom is 0.348 e. The molecular formula is C16H27NO4. The summed E-state index contributed by atoms with van der Waals surface area (Å²) in [5, 5.41) is 3.26. The predicted molar refractivity (Wildman–Crippen MR) is 78.7 cm³/mol. The maximum atomic E-state index is 12.6. The molecule has 2 unspecified atom stereocenters. The third kappa shape index (κ3) is 3.07. The molecule has 2 aliphatic heterocycles. The van der Waals surface area contributed by atoms with Crippen molar-refractivity contribution < 1.29 is 19.1 Å². The molecule has 0 saturated carbocycles. The lowest BCUT2D eigenvalue weighted by atomic mass is 9.79. The molecule has 2 saturated heterocycles. The molecule has 0 amide bonds. The number of carbonyl (C=O) groups excluding carboxylic acids is 2. The number of esters is 2. The first kappa shape index (κ1) is 16.3. The number of cyclic esters (lactones) is 1. The molecule has 0 bridgehead atoms. The van der Waals surface area contributed by atoms with Gasteiger partial charge in [0.15, 0.2) is 0 Å². The number of rotatable bonds is 3. The van der Waals surface area contributed by atoms with E-state index >= 15 is 0 Å². The summed E-state index contributed by atoms with van der Waals surface area (Å²) in [6, 6.07) is 0. The van der Waals surface area contributed by atoms with E-state index in [2.05, 4.69) is 26.1 Å². The second-order valence-electron chi connectivity index (χ2n) is 8.67. The molecular weight excluding hydrogens is 270 g/mol. The van der Waals surface area contributed by atoms with Crippen LogP contribution in [0.2, 0.25) is 0 Å². The largest absolute Gasteiger partial charge is 0.457 e. The molecule has 5 nitrogen and oxygen atoms in total. The number of nitrogens with one attached hydrogen (secondary N) is 1. The third-order valence-electron chi connectivity index (χ3n) is 4.24. The van der Waals surface area contributed by atoms with Crippen molar-refractivity contribution in [2.75, 3.05) is 0 Å². The standard InChI is InChI=1S/C16H27NO4/c1-13(2,3)9-16(15(6,7)17-16)12(19)20-10-8-14(4,5)21-11(10)18/h10,17H,8-9H2,1-7H3. The van der Waals surface area contributed by atoms with Crippen molar-refractivity contribution in [2.45, 2.75) is 84.1 Å². The van der Waals surface area contributed by atoms with E-state index < -0.39 is 23.2 Å². The van der Waals surface area contributed by atoms with Gasteiger partial charge in [0.05, 0.1) is 0 Å². The van der Waals surface area contributed by atoms with Crippen LogP contribution in [-0.4, -0.2) is 34.7 Å². The molecule has 2 aliphatic rings. The quantitative estimate of drug-likeness (QED) is 0.638. The maximum absolute atomic E-state index is 12.6. The van der Waals surface area contributed by atoms with Crippen LogP contribution in [0.5, 0.6) is 0 Å². The SMILES string of the molecule is CC(C)(C)CC1(C(=O)OC2CC(C)(C)OC2=O)NC1(C)C. The topological polar surface area (TPSA) is 74.5 Å². The van der Waals surface area contributed by atoms with Gasteiger partial charge in [0.1, 0.15) is 11.1 Å². The Kier molecular flexibility index (Phi) is 3.45. The van der Waals surface area contributed by atoms with E-state index in [-0.39, 0.29) is 16.9 Å². The zero-order valence-electron chi connectivity index (χ0n) is 14.1. The molecule has 0 radical (unpaired) electrons. The molecule has 21 heavy (non-hydrogen) atoms. The third-order valence-corrected chi connectivity index (χ3v) is 4.24. The van der Waals surface area contributed by atoms with Gasteiger partial charge >= 0.3 is 11.9 Å². The molecule has 0 aromatic rings. The van der Waals surface area contributed by atoms with Crippen LogP contribution in [0.25, 0.3) is 0 Å². The lowest BCUT2D eigenvalue weighted by molar-refractivity contribution is -0.164. The first-order valence-electron chi connectivity index (χ1n) is 7.51. The highest BCUT2D eigenvalue weighted by Crippen LogP contribution is 2.47. The van der Waals surface area contributed by atoms with Gasteiger partial charge in [0.2, 0.25) is 6.10 Å². The highest BCUT2D eigenvalue weighted by atomic mass is 16.6. The molecule has 0 aromatic carbocycles. The van der Waals surface area contributed by atoms with E-state index in [1.54, 1.807) is 0 Å². The molecule has 2 fully saturated rings. The predicted octanol–water partition coefficient (Wildman–Crippen LogP) is 2.18. The number of carbonyl (C=O) groups is 2. The summed E-state index contributed by atoms with van der Waals surface area (Å²) in [6.45, 7) is 13.9. The monoisotopic (exact) mass is 297 g/mol. The van der Waals surface area contributed by atoms with E-state index in [9.17, 15) is 9.59 Å². The second-order valence-corrected chi connectivity index (χ2v) is 8.67. The Balaban J connectivity index is 2.10. The summed E-state index contributed by atoms with van der Waals surface area (Å²) < 4.78 is 10.7. The van der Waals surface area contributed by atoms with Crippen LogP contribution in [-0.2, 0) is 19.1 Å². The smallest absolute Gasteiger partial charge is 0.348 e. The van der Waals surface area contributed by atoms with Crippen molar-refractivity contribution in [3.05, 3.63) is 0 Å². The summed E-state index contributed by atoms with van der Waals surface area (Å²) in [5.74, 6) is -0.792. The van der Waals surface area contributed by atoms with E-state index in [4.69, 9.17) is 9.47 Å². The van der Waals surface area contributed by atoms with E-state index in [1.807, 2.05) is 27.7 Å². The highest BCUT2D eigenvalue weighted by molar-refractivity contribution is 5.90. The van der Waals surface area contributed by atoms with Crippen LogP contribution in [0.1, 0.15) is 61.3 Å². The van der Waals surface area contributed by atoms with Gasteiger partial charge in [0, 0.05) is 12.0 Å². The molecule has 0 aromatic heterocycles. The Bertz CT molecular complexity index is 475. The van der Waals surface area contributed by atoms with Crippen molar-refractivity contribution in [3.8, 4) is 0 Å². The summed E-state index contributed by atoms with van der Waals surface area (Å²) in [4.78, 5) is 24.4. The second kappa shape index (κ2) is 4.45.